The van der Waals surface area contributed by atoms with Gasteiger partial charge in [-0.05, 0) is 43.6 Å². The van der Waals surface area contributed by atoms with Gasteiger partial charge >= 0.3 is 0 Å². The number of hydrogen-bond donors (Lipinski definition) is 0. The quantitative estimate of drug-likeness (QED) is 0.708. The predicted octanol–water partition coefficient (Wildman–Crippen LogP) is 2.73. The van der Waals surface area contributed by atoms with Crippen molar-refractivity contribution in [2.45, 2.75) is 44.2 Å². The van der Waals surface area contributed by atoms with Crippen molar-refractivity contribution in [3.8, 4) is 0 Å². The molecule has 1 unspecified atom stereocenters. The highest BCUT2D eigenvalue weighted by atomic mass is 32.2. The average Bonchev–Trinajstić information content (AvgIpc) is 3.37. The summed E-state index contributed by atoms with van der Waals surface area (Å²) in [5, 5.41) is 1.81. The third-order valence-corrected chi connectivity index (χ3v) is 10.6. The first-order valence-electron chi connectivity index (χ1n) is 10.8. The van der Waals surface area contributed by atoms with E-state index in [-0.39, 0.29) is 10.8 Å². The zero-order valence-electron chi connectivity index (χ0n) is 17.8. The lowest BCUT2D eigenvalue weighted by Crippen LogP contribution is -2.53. The summed E-state index contributed by atoms with van der Waals surface area (Å²) in [5.41, 5.74) is -0.443. The highest BCUT2D eigenvalue weighted by molar-refractivity contribution is 7.91. The van der Waals surface area contributed by atoms with E-state index in [1.165, 1.54) is 11.3 Å². The molecule has 1 atom stereocenters. The lowest BCUT2D eigenvalue weighted by Gasteiger charge is -2.46. The van der Waals surface area contributed by atoms with Crippen LogP contribution in [-0.4, -0.2) is 74.2 Å². The van der Waals surface area contributed by atoms with Crippen LogP contribution in [0.5, 0.6) is 0 Å². The number of likely N-dealkylation sites (tertiary alicyclic amines) is 2. The van der Waals surface area contributed by atoms with Gasteiger partial charge in [0.05, 0.1) is 5.41 Å². The zero-order chi connectivity index (χ0) is 20.9. The number of sulfonamides is 1. The van der Waals surface area contributed by atoms with Gasteiger partial charge in [-0.2, -0.15) is 4.31 Å². The van der Waals surface area contributed by atoms with Gasteiger partial charge in [0.1, 0.15) is 4.21 Å². The minimum Gasteiger partial charge on any atom is -0.342 e. The van der Waals surface area contributed by atoms with E-state index >= 15 is 0 Å². The fourth-order valence-electron chi connectivity index (χ4n) is 5.94. The standard InChI is InChI=1S/C21H33N3O3S2/c1-4-23-10-9-21(19(23)25)16-22(14-17(2)3)15-20(21)7-11-24(12-8-20)29(26,27)18-6-5-13-28-18/h5-6,13,17H,4,7-12,14-16H2,1-3H3. The summed E-state index contributed by atoms with van der Waals surface area (Å²) in [5.74, 6) is 0.862. The van der Waals surface area contributed by atoms with Crippen LogP contribution in [0.3, 0.4) is 0 Å². The number of carbonyl (C=O) groups excluding carboxylic acids is 1. The molecule has 6 nitrogen and oxygen atoms in total. The molecule has 0 aliphatic carbocycles. The largest absolute Gasteiger partial charge is 0.342 e. The third kappa shape index (κ3) is 3.36. The maximum Gasteiger partial charge on any atom is 0.252 e. The average molecular weight is 440 g/mol. The summed E-state index contributed by atoms with van der Waals surface area (Å²) in [6.07, 6.45) is 2.46. The number of thiophene rings is 1. The number of carbonyl (C=O) groups is 1. The van der Waals surface area contributed by atoms with Gasteiger partial charge < -0.3 is 9.80 Å². The molecule has 0 bridgehead atoms. The Morgan fingerprint density at radius 1 is 1.14 bits per heavy atom. The smallest absolute Gasteiger partial charge is 0.252 e. The molecule has 3 aliphatic rings. The van der Waals surface area contributed by atoms with Crippen molar-refractivity contribution in [1.29, 1.82) is 0 Å². The Balaban J connectivity index is 1.59. The van der Waals surface area contributed by atoms with Gasteiger partial charge in [0.2, 0.25) is 5.91 Å². The van der Waals surface area contributed by atoms with Crippen LogP contribution in [0.1, 0.15) is 40.0 Å². The lowest BCUT2D eigenvalue weighted by molar-refractivity contribution is -0.141. The Hall–Kier alpha value is -0.960. The van der Waals surface area contributed by atoms with Crippen LogP contribution < -0.4 is 0 Å². The number of amides is 1. The summed E-state index contributed by atoms with van der Waals surface area (Å²) in [6.45, 7) is 11.9. The molecule has 162 valence electrons. The van der Waals surface area contributed by atoms with Crippen LogP contribution in [0.4, 0.5) is 0 Å². The van der Waals surface area contributed by atoms with Crippen molar-refractivity contribution in [1.82, 2.24) is 14.1 Å². The number of nitrogens with zero attached hydrogens (tertiary/aromatic N) is 3. The Bertz CT molecular complexity index is 845. The molecule has 3 fully saturated rings. The summed E-state index contributed by atoms with van der Waals surface area (Å²) in [7, 11) is -3.42. The van der Waals surface area contributed by atoms with E-state index in [0.717, 1.165) is 52.0 Å². The second kappa shape index (κ2) is 7.62. The van der Waals surface area contributed by atoms with Crippen molar-refractivity contribution < 1.29 is 13.2 Å². The first-order valence-corrected chi connectivity index (χ1v) is 13.1. The molecule has 0 aromatic carbocycles. The summed E-state index contributed by atoms with van der Waals surface area (Å²) < 4.78 is 28.0. The molecule has 29 heavy (non-hydrogen) atoms. The van der Waals surface area contributed by atoms with Crippen LogP contribution in [0.2, 0.25) is 0 Å². The van der Waals surface area contributed by atoms with Crippen LogP contribution >= 0.6 is 11.3 Å². The monoisotopic (exact) mass is 439 g/mol. The Kier molecular flexibility index (Phi) is 5.59. The summed E-state index contributed by atoms with van der Waals surface area (Å²) in [4.78, 5) is 18.0. The normalized spacial score (nSPS) is 28.4. The van der Waals surface area contributed by atoms with Gasteiger partial charge in [-0.15, -0.1) is 11.3 Å². The Morgan fingerprint density at radius 3 is 2.41 bits per heavy atom. The Morgan fingerprint density at radius 2 is 1.86 bits per heavy atom. The van der Waals surface area contributed by atoms with E-state index in [1.807, 2.05) is 10.3 Å². The molecule has 4 rings (SSSR count). The van der Waals surface area contributed by atoms with E-state index in [2.05, 4.69) is 25.7 Å². The first kappa shape index (κ1) is 21.3. The molecule has 1 aromatic rings. The molecular formula is C21H33N3O3S2. The van der Waals surface area contributed by atoms with Crippen LogP contribution in [-0.2, 0) is 14.8 Å². The molecule has 8 heteroatoms. The van der Waals surface area contributed by atoms with Crippen LogP contribution in [0.25, 0.3) is 0 Å². The fourth-order valence-corrected chi connectivity index (χ4v) is 8.52. The SMILES string of the molecule is CCN1CCC2(CN(CC(C)C)CC23CCN(S(=O)(=O)c2cccs2)CC3)C1=O. The van der Waals surface area contributed by atoms with Crippen LogP contribution in [0, 0.1) is 16.7 Å². The molecular weight excluding hydrogens is 406 g/mol. The Labute approximate surface area is 178 Å². The van der Waals surface area contributed by atoms with Gasteiger partial charge in [-0.3, -0.25) is 4.79 Å². The lowest BCUT2D eigenvalue weighted by atomic mass is 9.60. The second-order valence-corrected chi connectivity index (χ2v) is 12.5. The molecule has 4 heterocycles. The maximum absolute atomic E-state index is 13.5. The molecule has 0 saturated carbocycles. The number of piperidine rings is 1. The van der Waals surface area contributed by atoms with E-state index in [4.69, 9.17) is 0 Å². The highest BCUT2D eigenvalue weighted by Crippen LogP contribution is 2.58. The van der Waals surface area contributed by atoms with E-state index in [1.54, 1.807) is 16.4 Å². The molecule has 1 amide bonds. The van der Waals surface area contributed by atoms with E-state index < -0.39 is 10.0 Å². The van der Waals surface area contributed by atoms with Gasteiger partial charge in [-0.1, -0.05) is 19.9 Å². The first-order chi connectivity index (χ1) is 13.7. The minimum absolute atomic E-state index is 0.107. The van der Waals surface area contributed by atoms with Crippen molar-refractivity contribution in [3.63, 3.8) is 0 Å². The highest BCUT2D eigenvalue weighted by Gasteiger charge is 2.65. The second-order valence-electron chi connectivity index (χ2n) is 9.40. The third-order valence-electron chi connectivity index (χ3n) is 7.31. The van der Waals surface area contributed by atoms with Crippen molar-refractivity contribution >= 4 is 27.3 Å². The predicted molar refractivity (Wildman–Crippen MR) is 115 cm³/mol. The van der Waals surface area contributed by atoms with Crippen molar-refractivity contribution in [3.05, 3.63) is 17.5 Å². The minimum atomic E-state index is -3.42. The van der Waals surface area contributed by atoms with Gasteiger partial charge in [0.25, 0.3) is 10.0 Å². The van der Waals surface area contributed by atoms with Gasteiger partial charge in [0.15, 0.2) is 0 Å². The number of hydrogen-bond acceptors (Lipinski definition) is 5. The fraction of sp³-hybridized carbons (Fsp3) is 0.762. The number of rotatable bonds is 5. The van der Waals surface area contributed by atoms with Gasteiger partial charge in [0, 0.05) is 51.2 Å². The van der Waals surface area contributed by atoms with Crippen LogP contribution in [0.15, 0.2) is 21.7 Å². The number of fused-ring (bicyclic) bond motifs is 1. The molecule has 2 spiro atoms. The van der Waals surface area contributed by atoms with Gasteiger partial charge in [-0.25, -0.2) is 8.42 Å². The molecule has 0 radical (unpaired) electrons. The summed E-state index contributed by atoms with van der Waals surface area (Å²) >= 11 is 1.28. The van der Waals surface area contributed by atoms with E-state index in [9.17, 15) is 13.2 Å². The topological polar surface area (TPSA) is 60.9 Å². The zero-order valence-corrected chi connectivity index (χ0v) is 19.4. The molecule has 1 aromatic heterocycles. The summed E-state index contributed by atoms with van der Waals surface area (Å²) in [6, 6.07) is 3.47. The molecule has 0 N–H and O–H groups in total. The molecule has 3 aliphatic heterocycles. The van der Waals surface area contributed by atoms with Crippen molar-refractivity contribution in [2.75, 3.05) is 45.8 Å². The van der Waals surface area contributed by atoms with E-state index in [0.29, 0.717) is 29.1 Å². The molecule has 3 saturated heterocycles. The maximum atomic E-state index is 13.5. The van der Waals surface area contributed by atoms with Crippen molar-refractivity contribution in [2.24, 2.45) is 16.7 Å².